The van der Waals surface area contributed by atoms with Gasteiger partial charge in [-0.3, -0.25) is 0 Å². The first-order valence-corrected chi connectivity index (χ1v) is 8.82. The van der Waals surface area contributed by atoms with Crippen LogP contribution in [0.15, 0.2) is 19.6 Å². The monoisotopic (exact) mass is 382 g/mol. The van der Waals surface area contributed by atoms with Gasteiger partial charge in [0.15, 0.2) is 0 Å². The van der Waals surface area contributed by atoms with Crippen LogP contribution >= 0.6 is 47.0 Å². The second-order valence-electron chi connectivity index (χ2n) is 3.75. The van der Waals surface area contributed by atoms with Crippen molar-refractivity contribution in [2.45, 2.75) is 9.16 Å². The van der Waals surface area contributed by atoms with E-state index in [1.54, 1.807) is 0 Å². The minimum atomic E-state index is -1.38. The molecule has 0 unspecified atom stereocenters. The number of thioether (sulfide) groups is 4. The third-order valence-corrected chi connectivity index (χ3v) is 8.93. The summed E-state index contributed by atoms with van der Waals surface area (Å²) in [6, 6.07) is 0. The zero-order valence-electron chi connectivity index (χ0n) is 10.2. The third kappa shape index (κ3) is 3.24. The molecule has 2 aliphatic heterocycles. The van der Waals surface area contributed by atoms with Crippen molar-refractivity contribution >= 4 is 70.9 Å². The van der Waals surface area contributed by atoms with Gasteiger partial charge in [-0.15, -0.1) is 47.0 Å². The quantitative estimate of drug-likeness (QED) is 0.543. The van der Waals surface area contributed by atoms with E-state index in [0.717, 1.165) is 47.0 Å². The molecule has 0 amide bonds. The van der Waals surface area contributed by atoms with Crippen LogP contribution < -0.4 is 0 Å². The average molecular weight is 382 g/mol. The van der Waals surface area contributed by atoms with E-state index in [-0.39, 0.29) is 19.6 Å². The summed E-state index contributed by atoms with van der Waals surface area (Å²) >= 11 is 3.15. The van der Waals surface area contributed by atoms with Gasteiger partial charge in [-0.1, -0.05) is 0 Å². The Bertz CT molecular complexity index is 543. The van der Waals surface area contributed by atoms with E-state index in [2.05, 4.69) is 0 Å². The molecule has 2 rings (SSSR count). The van der Waals surface area contributed by atoms with Gasteiger partial charge in [-0.2, -0.15) is 0 Å². The highest BCUT2D eigenvalue weighted by molar-refractivity contribution is 8.30. The minimum Gasteiger partial charge on any atom is -0.477 e. The van der Waals surface area contributed by atoms with Crippen molar-refractivity contribution in [2.75, 3.05) is 0 Å². The van der Waals surface area contributed by atoms with Gasteiger partial charge in [0.05, 0.1) is 9.16 Å². The van der Waals surface area contributed by atoms with Crippen molar-refractivity contribution in [1.82, 2.24) is 0 Å². The lowest BCUT2D eigenvalue weighted by Crippen LogP contribution is -2.10. The van der Waals surface area contributed by atoms with Gasteiger partial charge in [-0.05, 0) is 0 Å². The fourth-order valence-electron chi connectivity index (χ4n) is 1.54. The summed E-state index contributed by atoms with van der Waals surface area (Å²) in [4.78, 5) is 42.9. The molecule has 0 aliphatic carbocycles. The first kappa shape index (κ1) is 17.1. The molecule has 0 saturated heterocycles. The average Bonchev–Trinajstić information content (AvgIpc) is 3.02. The van der Waals surface area contributed by atoms with Crippen LogP contribution in [0.4, 0.5) is 0 Å². The van der Waals surface area contributed by atoms with Crippen LogP contribution in [0.25, 0.3) is 0 Å². The molecule has 0 aromatic heterocycles. The number of hydrogen-bond acceptors (Lipinski definition) is 8. The Balaban J connectivity index is 2.18. The molecule has 4 N–H and O–H groups in total. The molecule has 2 heterocycles. The molecular weight excluding hydrogens is 376 g/mol. The number of carbonyl (C=O) groups is 4. The molecule has 22 heavy (non-hydrogen) atoms. The van der Waals surface area contributed by atoms with Crippen molar-refractivity contribution in [3.05, 3.63) is 19.6 Å². The Hall–Kier alpha value is -1.24. The highest BCUT2D eigenvalue weighted by Crippen LogP contribution is 2.58. The SMILES string of the molecule is O=C(O)C1=C(C(=O)O)SC(C2SC(C(=O)O)=C(C(=O)O)S2)S1. The number of rotatable bonds is 5. The molecule has 8 nitrogen and oxygen atoms in total. The van der Waals surface area contributed by atoms with Crippen molar-refractivity contribution in [3.63, 3.8) is 0 Å². The first-order valence-electron chi connectivity index (χ1n) is 5.30. The zero-order chi connectivity index (χ0) is 16.6. The zero-order valence-corrected chi connectivity index (χ0v) is 13.5. The summed E-state index contributed by atoms with van der Waals surface area (Å²) in [5.74, 6) is -5.52. The maximum Gasteiger partial charge on any atom is 0.343 e. The molecule has 0 fully saturated rings. The molecular formula is C10H6O8S4. The Morgan fingerprint density at radius 1 is 0.545 bits per heavy atom. The molecule has 118 valence electrons. The number of hydrogen-bond donors (Lipinski definition) is 4. The largest absolute Gasteiger partial charge is 0.477 e. The van der Waals surface area contributed by atoms with E-state index in [4.69, 9.17) is 20.4 Å². The van der Waals surface area contributed by atoms with Gasteiger partial charge in [0.2, 0.25) is 0 Å². The number of aliphatic carboxylic acids is 4. The second-order valence-corrected chi connectivity index (χ2v) is 8.95. The highest BCUT2D eigenvalue weighted by Gasteiger charge is 2.44. The third-order valence-electron chi connectivity index (χ3n) is 2.35. The maximum atomic E-state index is 11.1. The second kappa shape index (κ2) is 6.48. The summed E-state index contributed by atoms with van der Waals surface area (Å²) in [7, 11) is 0. The summed E-state index contributed by atoms with van der Waals surface area (Å²) in [6.45, 7) is 0. The molecule has 0 radical (unpaired) electrons. The Morgan fingerprint density at radius 2 is 0.727 bits per heavy atom. The van der Waals surface area contributed by atoms with Gasteiger partial charge in [0, 0.05) is 0 Å². The first-order chi connectivity index (χ1) is 10.2. The molecule has 0 atom stereocenters. The van der Waals surface area contributed by atoms with Crippen molar-refractivity contribution in [1.29, 1.82) is 0 Å². The Kier molecular flexibility index (Phi) is 5.04. The van der Waals surface area contributed by atoms with Crippen LogP contribution in [-0.2, 0) is 19.2 Å². The van der Waals surface area contributed by atoms with Gasteiger partial charge in [-0.25, -0.2) is 19.2 Å². The van der Waals surface area contributed by atoms with Crippen LogP contribution in [-0.4, -0.2) is 53.5 Å². The van der Waals surface area contributed by atoms with E-state index in [1.807, 2.05) is 0 Å². The van der Waals surface area contributed by atoms with E-state index in [9.17, 15) is 19.2 Å². The van der Waals surface area contributed by atoms with Crippen LogP contribution in [0.2, 0.25) is 0 Å². The van der Waals surface area contributed by atoms with E-state index < -0.39 is 33.0 Å². The lowest BCUT2D eigenvalue weighted by atomic mass is 10.5. The minimum absolute atomic E-state index is 0.329. The molecule has 0 saturated carbocycles. The van der Waals surface area contributed by atoms with E-state index in [0.29, 0.717) is 0 Å². The van der Waals surface area contributed by atoms with Crippen molar-refractivity contribution in [2.24, 2.45) is 0 Å². The summed E-state index contributed by atoms with van der Waals surface area (Å²) < 4.78 is -1.23. The lowest BCUT2D eigenvalue weighted by Gasteiger charge is -2.15. The van der Waals surface area contributed by atoms with Crippen LogP contribution in [0.3, 0.4) is 0 Å². The lowest BCUT2D eigenvalue weighted by molar-refractivity contribution is -0.134. The van der Waals surface area contributed by atoms with Crippen LogP contribution in [0.5, 0.6) is 0 Å². The van der Waals surface area contributed by atoms with E-state index in [1.165, 1.54) is 0 Å². The number of carboxylic acid groups (broad SMARTS) is 4. The normalized spacial score (nSPS) is 19.8. The summed E-state index contributed by atoms with van der Waals surface area (Å²) in [5.41, 5.74) is 0. The molecule has 0 spiro atoms. The smallest absolute Gasteiger partial charge is 0.343 e. The van der Waals surface area contributed by atoms with Gasteiger partial charge in [0.25, 0.3) is 0 Å². The fraction of sp³-hybridized carbons (Fsp3) is 0.200. The highest BCUT2D eigenvalue weighted by atomic mass is 32.2. The maximum absolute atomic E-state index is 11.1. The Morgan fingerprint density at radius 3 is 0.864 bits per heavy atom. The van der Waals surface area contributed by atoms with E-state index >= 15 is 0 Å². The van der Waals surface area contributed by atoms with Crippen LogP contribution in [0, 0.1) is 0 Å². The molecule has 0 aromatic carbocycles. The van der Waals surface area contributed by atoms with Gasteiger partial charge < -0.3 is 20.4 Å². The van der Waals surface area contributed by atoms with Crippen molar-refractivity contribution in [3.8, 4) is 0 Å². The molecule has 0 bridgehead atoms. The molecule has 0 aromatic rings. The number of carboxylic acids is 4. The standard InChI is InChI=1S/C10H6O8S4/c11-5(12)1-2(6(13)14)20-9(19-1)10-21-3(7(15)16)4(22-10)8(17)18/h9-10H,(H,11,12)(H,13,14)(H,15,16)(H,17,18). The predicted molar refractivity (Wildman–Crippen MR) is 82.5 cm³/mol. The molecule has 12 heteroatoms. The summed E-state index contributed by atoms with van der Waals surface area (Å²) in [5, 5.41) is 36.0. The van der Waals surface area contributed by atoms with Gasteiger partial charge in [0.1, 0.15) is 19.6 Å². The fourth-order valence-corrected chi connectivity index (χ4v) is 7.54. The van der Waals surface area contributed by atoms with Gasteiger partial charge >= 0.3 is 23.9 Å². The summed E-state index contributed by atoms with van der Waals surface area (Å²) in [6.07, 6.45) is 0. The predicted octanol–water partition coefficient (Wildman–Crippen LogP) is 1.36. The van der Waals surface area contributed by atoms with Crippen LogP contribution in [0.1, 0.15) is 0 Å². The Labute approximate surface area is 139 Å². The van der Waals surface area contributed by atoms with Crippen molar-refractivity contribution < 1.29 is 39.6 Å². The topological polar surface area (TPSA) is 149 Å². The molecule has 2 aliphatic rings.